The van der Waals surface area contributed by atoms with E-state index in [9.17, 15) is 0 Å². The van der Waals surface area contributed by atoms with E-state index < -0.39 is 0 Å². The molecule has 0 amide bonds. The Labute approximate surface area is 106 Å². The lowest BCUT2D eigenvalue weighted by atomic mass is 9.86. The second kappa shape index (κ2) is 5.19. The van der Waals surface area contributed by atoms with Crippen LogP contribution in [0.2, 0.25) is 0 Å². The van der Waals surface area contributed by atoms with Crippen molar-refractivity contribution in [1.29, 1.82) is 0 Å². The van der Waals surface area contributed by atoms with Crippen molar-refractivity contribution in [2.24, 2.45) is 0 Å². The number of nitrogens with one attached hydrogen (secondary N) is 1. The van der Waals surface area contributed by atoms with Crippen molar-refractivity contribution >= 4 is 0 Å². The van der Waals surface area contributed by atoms with E-state index in [2.05, 4.69) is 70.2 Å². The Balaban J connectivity index is 3.19. The lowest BCUT2D eigenvalue weighted by Crippen LogP contribution is -2.48. The van der Waals surface area contributed by atoms with Crippen LogP contribution < -0.4 is 5.32 Å². The first-order valence-electron chi connectivity index (χ1n) is 6.22. The molecule has 0 aliphatic rings. The summed E-state index contributed by atoms with van der Waals surface area (Å²) in [5.41, 5.74) is 4.14. The quantitative estimate of drug-likeness (QED) is 0.862. The van der Waals surface area contributed by atoms with Crippen LogP contribution in [0, 0.1) is 13.8 Å². The number of hydrogen-bond acceptors (Lipinski definition) is 2. The molecule has 2 nitrogen and oxygen atoms in total. The summed E-state index contributed by atoms with van der Waals surface area (Å²) in [6.45, 7) is 8.82. The molecular formula is C15H26N2. The normalized spacial score (nSPS) is 14.1. The molecule has 17 heavy (non-hydrogen) atoms. The highest BCUT2D eigenvalue weighted by Crippen LogP contribution is 2.30. The third kappa shape index (κ3) is 3.08. The molecule has 0 aliphatic heterocycles. The van der Waals surface area contributed by atoms with Gasteiger partial charge in [0.2, 0.25) is 0 Å². The van der Waals surface area contributed by atoms with Crippen molar-refractivity contribution in [3.8, 4) is 0 Å². The fraction of sp³-hybridized carbons (Fsp3) is 0.600. The molecule has 0 radical (unpaired) electrons. The van der Waals surface area contributed by atoms with Crippen LogP contribution in [0.5, 0.6) is 0 Å². The predicted octanol–water partition coefficient (Wildman–Crippen LogP) is 2.90. The molecule has 96 valence electrons. The van der Waals surface area contributed by atoms with Gasteiger partial charge in [0.1, 0.15) is 0 Å². The average Bonchev–Trinajstić information content (AvgIpc) is 2.22. The minimum atomic E-state index is 0.0468. The fourth-order valence-electron chi connectivity index (χ4n) is 2.43. The topological polar surface area (TPSA) is 15.3 Å². The molecule has 1 atom stereocenters. The summed E-state index contributed by atoms with van der Waals surface area (Å²) in [5, 5.41) is 3.41. The van der Waals surface area contributed by atoms with Crippen LogP contribution in [-0.2, 0) is 0 Å². The zero-order valence-corrected chi connectivity index (χ0v) is 12.3. The highest BCUT2D eigenvalue weighted by Gasteiger charge is 2.30. The Hall–Kier alpha value is -0.860. The van der Waals surface area contributed by atoms with Crippen LogP contribution in [0.3, 0.4) is 0 Å². The van der Waals surface area contributed by atoms with Gasteiger partial charge in [0.15, 0.2) is 0 Å². The maximum Gasteiger partial charge on any atom is 0.0519 e. The van der Waals surface area contributed by atoms with Gasteiger partial charge in [-0.25, -0.2) is 0 Å². The fourth-order valence-corrected chi connectivity index (χ4v) is 2.43. The van der Waals surface area contributed by atoms with Crippen LogP contribution in [0.25, 0.3) is 0 Å². The van der Waals surface area contributed by atoms with Gasteiger partial charge in [-0.3, -0.25) is 0 Å². The summed E-state index contributed by atoms with van der Waals surface area (Å²) in [6.07, 6.45) is 0. The molecule has 1 N–H and O–H groups in total. The van der Waals surface area contributed by atoms with Gasteiger partial charge in [0.05, 0.1) is 6.04 Å². The third-order valence-electron chi connectivity index (χ3n) is 3.69. The Morgan fingerprint density at radius 3 is 2.12 bits per heavy atom. The summed E-state index contributed by atoms with van der Waals surface area (Å²) >= 11 is 0. The molecule has 0 fully saturated rings. The molecule has 0 aromatic heterocycles. The SMILES string of the molecule is CNC(C)(C)C(c1ccc(C)c(C)c1)N(C)C. The molecular weight excluding hydrogens is 208 g/mol. The van der Waals surface area contributed by atoms with E-state index in [0.29, 0.717) is 6.04 Å². The van der Waals surface area contributed by atoms with Crippen molar-refractivity contribution in [3.63, 3.8) is 0 Å². The van der Waals surface area contributed by atoms with Crippen molar-refractivity contribution in [2.75, 3.05) is 21.1 Å². The van der Waals surface area contributed by atoms with Gasteiger partial charge < -0.3 is 10.2 Å². The molecule has 0 spiro atoms. The second-order valence-electron chi connectivity index (χ2n) is 5.68. The lowest BCUT2D eigenvalue weighted by molar-refractivity contribution is 0.177. The van der Waals surface area contributed by atoms with Crippen molar-refractivity contribution in [1.82, 2.24) is 10.2 Å². The molecule has 0 heterocycles. The Morgan fingerprint density at radius 1 is 1.12 bits per heavy atom. The van der Waals surface area contributed by atoms with Gasteiger partial charge >= 0.3 is 0 Å². The molecule has 2 heteroatoms. The number of likely N-dealkylation sites (N-methyl/N-ethyl adjacent to an activating group) is 2. The monoisotopic (exact) mass is 234 g/mol. The number of rotatable bonds is 4. The summed E-state index contributed by atoms with van der Waals surface area (Å²) in [7, 11) is 6.30. The smallest absolute Gasteiger partial charge is 0.0519 e. The summed E-state index contributed by atoms with van der Waals surface area (Å²) in [6, 6.07) is 7.13. The minimum Gasteiger partial charge on any atom is -0.313 e. The van der Waals surface area contributed by atoms with E-state index in [-0.39, 0.29) is 5.54 Å². The maximum atomic E-state index is 3.41. The first kappa shape index (κ1) is 14.2. The Morgan fingerprint density at radius 2 is 1.71 bits per heavy atom. The van der Waals surface area contributed by atoms with Gasteiger partial charge in [-0.2, -0.15) is 0 Å². The van der Waals surface area contributed by atoms with E-state index in [1.807, 2.05) is 7.05 Å². The van der Waals surface area contributed by atoms with E-state index in [4.69, 9.17) is 0 Å². The van der Waals surface area contributed by atoms with Crippen LogP contribution in [0.15, 0.2) is 18.2 Å². The predicted molar refractivity (Wildman–Crippen MR) is 75.5 cm³/mol. The number of benzene rings is 1. The standard InChI is InChI=1S/C15H26N2/c1-11-8-9-13(10-12(11)2)14(17(6)7)15(3,4)16-5/h8-10,14,16H,1-7H3. The first-order chi connectivity index (χ1) is 7.79. The number of aryl methyl sites for hydroxylation is 2. The van der Waals surface area contributed by atoms with Gasteiger partial charge in [-0.05, 0) is 65.5 Å². The summed E-state index contributed by atoms with van der Waals surface area (Å²) < 4.78 is 0. The Kier molecular flexibility index (Phi) is 4.34. The van der Waals surface area contributed by atoms with E-state index in [0.717, 1.165) is 0 Å². The van der Waals surface area contributed by atoms with Gasteiger partial charge in [0, 0.05) is 5.54 Å². The van der Waals surface area contributed by atoms with Crippen molar-refractivity contribution in [3.05, 3.63) is 34.9 Å². The van der Waals surface area contributed by atoms with E-state index in [1.165, 1.54) is 16.7 Å². The zero-order valence-electron chi connectivity index (χ0n) is 12.3. The zero-order chi connectivity index (χ0) is 13.2. The minimum absolute atomic E-state index is 0.0468. The first-order valence-corrected chi connectivity index (χ1v) is 6.22. The third-order valence-corrected chi connectivity index (χ3v) is 3.69. The van der Waals surface area contributed by atoms with Crippen LogP contribution in [0.4, 0.5) is 0 Å². The number of nitrogens with zero attached hydrogens (tertiary/aromatic N) is 1. The molecule has 0 saturated heterocycles. The largest absolute Gasteiger partial charge is 0.313 e. The average molecular weight is 234 g/mol. The molecule has 1 unspecified atom stereocenters. The van der Waals surface area contributed by atoms with Crippen molar-refractivity contribution in [2.45, 2.75) is 39.3 Å². The molecule has 0 saturated carbocycles. The van der Waals surface area contributed by atoms with Crippen molar-refractivity contribution < 1.29 is 0 Å². The number of hydrogen-bond donors (Lipinski definition) is 1. The van der Waals surface area contributed by atoms with Gasteiger partial charge in [-0.15, -0.1) is 0 Å². The molecule has 0 aliphatic carbocycles. The summed E-state index contributed by atoms with van der Waals surface area (Å²) in [5.74, 6) is 0. The molecule has 1 rings (SSSR count). The second-order valence-corrected chi connectivity index (χ2v) is 5.68. The van der Waals surface area contributed by atoms with Gasteiger partial charge in [0.25, 0.3) is 0 Å². The molecule has 0 bridgehead atoms. The van der Waals surface area contributed by atoms with Gasteiger partial charge in [-0.1, -0.05) is 18.2 Å². The van der Waals surface area contributed by atoms with Crippen LogP contribution in [0.1, 0.15) is 36.6 Å². The van der Waals surface area contributed by atoms with Crippen LogP contribution in [-0.4, -0.2) is 31.6 Å². The Bertz CT molecular complexity index is 381. The maximum absolute atomic E-state index is 3.41. The highest BCUT2D eigenvalue weighted by molar-refractivity contribution is 5.33. The molecule has 1 aromatic rings. The van der Waals surface area contributed by atoms with E-state index >= 15 is 0 Å². The summed E-state index contributed by atoms with van der Waals surface area (Å²) in [4.78, 5) is 2.28. The van der Waals surface area contributed by atoms with E-state index in [1.54, 1.807) is 0 Å². The highest BCUT2D eigenvalue weighted by atomic mass is 15.2. The lowest BCUT2D eigenvalue weighted by Gasteiger charge is -2.39. The molecule has 1 aromatic carbocycles. The van der Waals surface area contributed by atoms with Crippen LogP contribution >= 0.6 is 0 Å².